The number of hydrogen-bond acceptors (Lipinski definition) is 1. The number of ketones is 1. The predicted molar refractivity (Wildman–Crippen MR) is 60.4 cm³/mol. The lowest BCUT2D eigenvalue weighted by molar-refractivity contribution is -0.125. The van der Waals surface area contributed by atoms with E-state index in [1.54, 1.807) is 0 Å². The van der Waals surface area contributed by atoms with Crippen LogP contribution in [0.3, 0.4) is 0 Å². The van der Waals surface area contributed by atoms with Crippen molar-refractivity contribution in [2.75, 3.05) is 0 Å². The molecule has 82 valence electrons. The van der Waals surface area contributed by atoms with Gasteiger partial charge in [-0.25, -0.2) is 0 Å². The van der Waals surface area contributed by atoms with Crippen molar-refractivity contribution in [1.82, 2.24) is 0 Å². The van der Waals surface area contributed by atoms with Crippen molar-refractivity contribution < 1.29 is 4.79 Å². The summed E-state index contributed by atoms with van der Waals surface area (Å²) in [4.78, 5) is 12.6. The van der Waals surface area contributed by atoms with Gasteiger partial charge in [-0.05, 0) is 48.3 Å². The van der Waals surface area contributed by atoms with Crippen LogP contribution in [0.2, 0.25) is 0 Å². The zero-order valence-corrected chi connectivity index (χ0v) is 9.25. The molecule has 0 heterocycles. The summed E-state index contributed by atoms with van der Waals surface area (Å²) in [6, 6.07) is 0. The molecule has 4 bridgehead atoms. The lowest BCUT2D eigenvalue weighted by Gasteiger charge is -2.28. The number of rotatable bonds is 0. The predicted octanol–water partition coefficient (Wildman–Crippen LogP) is 2.45. The van der Waals surface area contributed by atoms with Gasteiger partial charge in [-0.1, -0.05) is 24.3 Å². The minimum absolute atomic E-state index is 0.426. The van der Waals surface area contributed by atoms with Gasteiger partial charge in [-0.3, -0.25) is 4.79 Å². The van der Waals surface area contributed by atoms with E-state index in [0.29, 0.717) is 29.5 Å². The van der Waals surface area contributed by atoms with Crippen LogP contribution < -0.4 is 0 Å². The molecule has 0 N–H and O–H groups in total. The molecule has 16 heavy (non-hydrogen) atoms. The Hall–Kier alpha value is -0.850. The molecule has 5 aliphatic carbocycles. The van der Waals surface area contributed by atoms with E-state index in [1.807, 2.05) is 0 Å². The van der Waals surface area contributed by atoms with Gasteiger partial charge >= 0.3 is 0 Å². The number of allylic oxidation sites excluding steroid dienone is 4. The van der Waals surface area contributed by atoms with Gasteiger partial charge in [-0.15, -0.1) is 0 Å². The molecule has 0 spiro atoms. The molecule has 0 aromatic heterocycles. The van der Waals surface area contributed by atoms with Crippen LogP contribution >= 0.6 is 0 Å². The van der Waals surface area contributed by atoms with Crippen molar-refractivity contribution in [2.24, 2.45) is 47.3 Å². The van der Waals surface area contributed by atoms with Gasteiger partial charge in [0.25, 0.3) is 0 Å². The molecule has 0 amide bonds. The molecule has 0 aliphatic heterocycles. The smallest absolute Gasteiger partial charge is 0.140 e. The van der Waals surface area contributed by atoms with Crippen molar-refractivity contribution in [3.63, 3.8) is 0 Å². The third kappa shape index (κ3) is 0.687. The Morgan fingerprint density at radius 2 is 1.19 bits per heavy atom. The van der Waals surface area contributed by atoms with E-state index in [-0.39, 0.29) is 0 Å². The first-order valence-corrected chi connectivity index (χ1v) is 6.75. The van der Waals surface area contributed by atoms with Crippen LogP contribution in [0.25, 0.3) is 0 Å². The highest BCUT2D eigenvalue weighted by molar-refractivity contribution is 5.89. The third-order valence-electron chi connectivity index (χ3n) is 6.14. The summed E-state index contributed by atoms with van der Waals surface area (Å²) in [5, 5.41) is 0. The highest BCUT2D eigenvalue weighted by Gasteiger charge is 2.65. The Morgan fingerprint density at radius 1 is 0.750 bits per heavy atom. The van der Waals surface area contributed by atoms with Crippen LogP contribution in [0.5, 0.6) is 0 Å². The average Bonchev–Trinajstić information content (AvgIpc) is 2.98. The normalized spacial score (nSPS) is 63.4. The van der Waals surface area contributed by atoms with Gasteiger partial charge in [0.05, 0.1) is 0 Å². The molecule has 6 unspecified atom stereocenters. The largest absolute Gasteiger partial charge is 0.299 e. The molecule has 8 atom stereocenters. The molecule has 5 rings (SSSR count). The second kappa shape index (κ2) is 2.37. The zero-order valence-electron chi connectivity index (χ0n) is 9.25. The molecule has 3 saturated carbocycles. The number of carbonyl (C=O) groups excluding carboxylic acids is 1. The lowest BCUT2D eigenvalue weighted by Crippen LogP contribution is -2.24. The van der Waals surface area contributed by atoms with E-state index in [1.165, 1.54) is 12.8 Å². The third-order valence-corrected chi connectivity index (χ3v) is 6.14. The average molecular weight is 212 g/mol. The first-order chi connectivity index (χ1) is 7.84. The van der Waals surface area contributed by atoms with E-state index in [4.69, 9.17) is 0 Å². The molecule has 0 saturated heterocycles. The van der Waals surface area contributed by atoms with Gasteiger partial charge in [0.1, 0.15) is 5.78 Å². The highest BCUT2D eigenvalue weighted by atomic mass is 16.1. The van der Waals surface area contributed by atoms with Crippen molar-refractivity contribution in [3.8, 4) is 0 Å². The topological polar surface area (TPSA) is 17.1 Å². The van der Waals surface area contributed by atoms with Gasteiger partial charge in [-0.2, -0.15) is 0 Å². The Labute approximate surface area is 95.6 Å². The van der Waals surface area contributed by atoms with Gasteiger partial charge in [0, 0.05) is 11.8 Å². The number of fused-ring (bicyclic) bond motifs is 11. The molecule has 5 aliphatic rings. The molecule has 1 heteroatoms. The minimum atomic E-state index is 0.426. The Morgan fingerprint density at radius 3 is 1.69 bits per heavy atom. The van der Waals surface area contributed by atoms with Gasteiger partial charge in [0.2, 0.25) is 0 Å². The first kappa shape index (κ1) is 8.27. The van der Waals surface area contributed by atoms with Crippen LogP contribution in [0.15, 0.2) is 24.3 Å². The van der Waals surface area contributed by atoms with Crippen LogP contribution in [0, 0.1) is 47.3 Å². The van der Waals surface area contributed by atoms with Crippen molar-refractivity contribution in [3.05, 3.63) is 24.3 Å². The SMILES string of the molecule is O=C1C2C3C=CC(C3)C2C2C1[C@@H]1C=C[C@H]2C1. The van der Waals surface area contributed by atoms with Crippen molar-refractivity contribution in [1.29, 1.82) is 0 Å². The quantitative estimate of drug-likeness (QED) is 0.564. The Bertz CT molecular complexity index is 406. The number of carbonyl (C=O) groups is 1. The molecule has 0 radical (unpaired) electrons. The van der Waals surface area contributed by atoms with Crippen LogP contribution in [0.4, 0.5) is 0 Å². The maximum Gasteiger partial charge on any atom is 0.140 e. The molecule has 3 fully saturated rings. The van der Waals surface area contributed by atoms with Gasteiger partial charge < -0.3 is 0 Å². The summed E-state index contributed by atoms with van der Waals surface area (Å²) in [5.41, 5.74) is 0. The Balaban J connectivity index is 1.67. The number of Topliss-reactive ketones (excluding diaryl/α,β-unsaturated/α-hetero) is 1. The lowest BCUT2D eigenvalue weighted by atomic mass is 9.75. The monoisotopic (exact) mass is 212 g/mol. The zero-order chi connectivity index (χ0) is 10.4. The summed E-state index contributed by atoms with van der Waals surface area (Å²) >= 11 is 0. The van der Waals surface area contributed by atoms with Crippen LogP contribution in [0.1, 0.15) is 12.8 Å². The summed E-state index contributed by atoms with van der Waals surface area (Å²) in [5.74, 6) is 5.69. The summed E-state index contributed by atoms with van der Waals surface area (Å²) in [7, 11) is 0. The second-order valence-corrected chi connectivity index (χ2v) is 6.51. The standard InChI is InChI=1S/C15H16O/c16-15-13-9-3-1-7(5-9)11(13)12-8-2-4-10(6-8)14(12)15/h1-4,7-14H,5-6H2/t7-,8?,9+,10?,11?,12?,13?,14?/m0/s1. The maximum absolute atomic E-state index is 12.6. The molecule has 1 nitrogen and oxygen atoms in total. The molecule has 0 aromatic rings. The first-order valence-electron chi connectivity index (χ1n) is 6.75. The van der Waals surface area contributed by atoms with E-state index < -0.39 is 0 Å². The second-order valence-electron chi connectivity index (χ2n) is 6.51. The van der Waals surface area contributed by atoms with Crippen molar-refractivity contribution in [2.45, 2.75) is 12.8 Å². The number of hydrogen-bond donors (Lipinski definition) is 0. The fraction of sp³-hybridized carbons (Fsp3) is 0.667. The summed E-state index contributed by atoms with van der Waals surface area (Å²) in [6.45, 7) is 0. The molecular weight excluding hydrogens is 196 g/mol. The summed E-state index contributed by atoms with van der Waals surface area (Å²) < 4.78 is 0. The van der Waals surface area contributed by atoms with Crippen molar-refractivity contribution >= 4 is 5.78 Å². The summed E-state index contributed by atoms with van der Waals surface area (Å²) in [6.07, 6.45) is 12.1. The molecule has 0 aromatic carbocycles. The van der Waals surface area contributed by atoms with E-state index in [9.17, 15) is 4.79 Å². The molecular formula is C15H16O. The fourth-order valence-corrected chi connectivity index (χ4v) is 5.79. The van der Waals surface area contributed by atoms with E-state index in [0.717, 1.165) is 23.7 Å². The fourth-order valence-electron chi connectivity index (χ4n) is 5.79. The Kier molecular flexibility index (Phi) is 1.22. The van der Waals surface area contributed by atoms with Crippen LogP contribution in [-0.2, 0) is 4.79 Å². The van der Waals surface area contributed by atoms with E-state index in [2.05, 4.69) is 24.3 Å². The van der Waals surface area contributed by atoms with Crippen LogP contribution in [-0.4, -0.2) is 5.78 Å². The van der Waals surface area contributed by atoms with Gasteiger partial charge in [0.15, 0.2) is 0 Å². The maximum atomic E-state index is 12.6. The minimum Gasteiger partial charge on any atom is -0.299 e. The highest BCUT2D eigenvalue weighted by Crippen LogP contribution is 2.66. The van der Waals surface area contributed by atoms with E-state index >= 15 is 0 Å².